The van der Waals surface area contributed by atoms with Gasteiger partial charge in [0, 0.05) is 13.1 Å². The molecule has 3 aromatic rings. The molecule has 4 rings (SSSR count). The van der Waals surface area contributed by atoms with Gasteiger partial charge in [0.15, 0.2) is 0 Å². The van der Waals surface area contributed by atoms with Gasteiger partial charge in [-0.25, -0.2) is 13.2 Å². The number of carbonyl (C=O) groups is 1. The van der Waals surface area contributed by atoms with E-state index >= 15 is 0 Å². The van der Waals surface area contributed by atoms with E-state index in [0.29, 0.717) is 22.9 Å². The average Bonchev–Trinajstić information content (AvgIpc) is 2.81. The number of sulfonamides is 1. The first kappa shape index (κ1) is 23.8. The van der Waals surface area contributed by atoms with Gasteiger partial charge in [0.25, 0.3) is 10.0 Å². The van der Waals surface area contributed by atoms with Crippen LogP contribution in [0.5, 0.6) is 0 Å². The van der Waals surface area contributed by atoms with E-state index in [1.165, 1.54) is 17.7 Å². The molecule has 0 atom stereocenters. The van der Waals surface area contributed by atoms with Crippen LogP contribution in [0.25, 0.3) is 0 Å². The van der Waals surface area contributed by atoms with Gasteiger partial charge in [-0.05, 0) is 80.0 Å². The van der Waals surface area contributed by atoms with Crippen LogP contribution in [0.4, 0.5) is 11.4 Å². The molecule has 178 valence electrons. The Kier molecular flexibility index (Phi) is 6.93. The molecule has 1 saturated heterocycles. The standard InChI is InChI=1S/C27H30N2O4S/c1-19-8-9-20(2)26(16-19)34(32,33)28-24-18-23(27(30)31)10-11-25(24)29-14-12-22(13-15-29)17-21-6-4-3-5-7-21/h3-11,16,18,22,28H,12-15,17H2,1-2H3,(H,30,31). The predicted molar refractivity (Wildman–Crippen MR) is 135 cm³/mol. The first-order valence-electron chi connectivity index (χ1n) is 11.5. The second-order valence-corrected chi connectivity index (χ2v) is 10.7. The number of aromatic carboxylic acids is 1. The van der Waals surface area contributed by atoms with Gasteiger partial charge in [0.05, 0.1) is 21.8 Å². The van der Waals surface area contributed by atoms with Gasteiger partial charge in [-0.2, -0.15) is 0 Å². The molecule has 0 spiro atoms. The van der Waals surface area contributed by atoms with Crippen molar-refractivity contribution >= 4 is 27.4 Å². The fourth-order valence-electron chi connectivity index (χ4n) is 4.55. The van der Waals surface area contributed by atoms with Crippen LogP contribution in [-0.4, -0.2) is 32.6 Å². The van der Waals surface area contributed by atoms with Crippen molar-refractivity contribution in [2.45, 2.75) is 38.0 Å². The number of rotatable bonds is 7. The Bertz CT molecular complexity index is 1280. The van der Waals surface area contributed by atoms with Gasteiger partial charge in [-0.1, -0.05) is 42.5 Å². The van der Waals surface area contributed by atoms with Gasteiger partial charge < -0.3 is 10.0 Å². The summed E-state index contributed by atoms with van der Waals surface area (Å²) in [7, 11) is -3.89. The molecule has 0 saturated carbocycles. The Morgan fingerprint density at radius 1 is 1.00 bits per heavy atom. The number of aryl methyl sites for hydroxylation is 2. The summed E-state index contributed by atoms with van der Waals surface area (Å²) >= 11 is 0. The number of hydrogen-bond donors (Lipinski definition) is 2. The number of hydrogen-bond acceptors (Lipinski definition) is 4. The maximum atomic E-state index is 13.3. The van der Waals surface area contributed by atoms with Crippen LogP contribution in [0.1, 0.15) is 39.9 Å². The molecule has 0 radical (unpaired) electrons. The highest BCUT2D eigenvalue weighted by Crippen LogP contribution is 2.34. The molecule has 34 heavy (non-hydrogen) atoms. The van der Waals surface area contributed by atoms with Gasteiger partial charge in [0.2, 0.25) is 0 Å². The Morgan fingerprint density at radius 2 is 1.71 bits per heavy atom. The minimum absolute atomic E-state index is 0.0429. The van der Waals surface area contributed by atoms with Crippen molar-refractivity contribution in [2.24, 2.45) is 5.92 Å². The van der Waals surface area contributed by atoms with Gasteiger partial charge in [-0.3, -0.25) is 4.72 Å². The van der Waals surface area contributed by atoms with E-state index in [2.05, 4.69) is 33.9 Å². The summed E-state index contributed by atoms with van der Waals surface area (Å²) < 4.78 is 29.2. The van der Waals surface area contributed by atoms with Crippen molar-refractivity contribution in [1.82, 2.24) is 0 Å². The third kappa shape index (κ3) is 5.42. The quantitative estimate of drug-likeness (QED) is 0.484. The molecule has 1 fully saturated rings. The largest absolute Gasteiger partial charge is 0.478 e. The molecular weight excluding hydrogens is 448 g/mol. The number of benzene rings is 3. The van der Waals surface area contributed by atoms with Crippen LogP contribution in [0.15, 0.2) is 71.6 Å². The van der Waals surface area contributed by atoms with Crippen molar-refractivity contribution in [3.8, 4) is 0 Å². The van der Waals surface area contributed by atoms with Gasteiger partial charge in [0.1, 0.15) is 0 Å². The number of nitrogens with zero attached hydrogens (tertiary/aromatic N) is 1. The lowest BCUT2D eigenvalue weighted by atomic mass is 9.90. The highest BCUT2D eigenvalue weighted by atomic mass is 32.2. The van der Waals surface area contributed by atoms with Crippen molar-refractivity contribution in [3.05, 3.63) is 89.0 Å². The van der Waals surface area contributed by atoms with E-state index in [1.807, 2.05) is 19.1 Å². The number of anilines is 2. The lowest BCUT2D eigenvalue weighted by Crippen LogP contribution is -2.35. The molecule has 1 aliphatic heterocycles. The molecule has 7 heteroatoms. The normalized spacial score (nSPS) is 14.7. The SMILES string of the molecule is Cc1ccc(C)c(S(=O)(=O)Nc2cc(C(=O)O)ccc2N2CCC(Cc3ccccc3)CC2)c1. The molecular formula is C27H30N2O4S. The van der Waals surface area contributed by atoms with E-state index in [1.54, 1.807) is 25.1 Å². The topological polar surface area (TPSA) is 86.7 Å². The highest BCUT2D eigenvalue weighted by molar-refractivity contribution is 7.92. The summed E-state index contributed by atoms with van der Waals surface area (Å²) in [6, 6.07) is 20.4. The molecule has 1 heterocycles. The molecule has 3 aromatic carbocycles. The van der Waals surface area contributed by atoms with E-state index in [-0.39, 0.29) is 10.5 Å². The molecule has 0 bridgehead atoms. The number of nitrogens with one attached hydrogen (secondary N) is 1. The Morgan fingerprint density at radius 3 is 2.38 bits per heavy atom. The summed E-state index contributed by atoms with van der Waals surface area (Å²) in [5.41, 5.74) is 3.84. The lowest BCUT2D eigenvalue weighted by molar-refractivity contribution is 0.0697. The molecule has 0 amide bonds. The van der Waals surface area contributed by atoms with E-state index in [9.17, 15) is 18.3 Å². The maximum absolute atomic E-state index is 13.3. The van der Waals surface area contributed by atoms with Crippen molar-refractivity contribution in [1.29, 1.82) is 0 Å². The highest BCUT2D eigenvalue weighted by Gasteiger charge is 2.25. The Balaban J connectivity index is 1.58. The van der Waals surface area contributed by atoms with Crippen LogP contribution in [0.3, 0.4) is 0 Å². The zero-order chi connectivity index (χ0) is 24.3. The number of carboxylic acid groups (broad SMARTS) is 1. The zero-order valence-electron chi connectivity index (χ0n) is 19.5. The second kappa shape index (κ2) is 9.89. The van der Waals surface area contributed by atoms with Crippen molar-refractivity contribution < 1.29 is 18.3 Å². The maximum Gasteiger partial charge on any atom is 0.335 e. The summed E-state index contributed by atoms with van der Waals surface area (Å²) in [6.45, 7) is 5.15. The number of piperidine rings is 1. The summed E-state index contributed by atoms with van der Waals surface area (Å²) in [5, 5.41) is 9.49. The van der Waals surface area contributed by atoms with E-state index < -0.39 is 16.0 Å². The van der Waals surface area contributed by atoms with Crippen LogP contribution in [-0.2, 0) is 16.4 Å². The van der Waals surface area contributed by atoms with Crippen LogP contribution in [0.2, 0.25) is 0 Å². The molecule has 0 aromatic heterocycles. The Labute approximate surface area is 201 Å². The summed E-state index contributed by atoms with van der Waals surface area (Å²) in [6.07, 6.45) is 3.00. The molecule has 0 unspecified atom stereocenters. The molecule has 1 aliphatic rings. The van der Waals surface area contributed by atoms with Crippen molar-refractivity contribution in [3.63, 3.8) is 0 Å². The third-order valence-electron chi connectivity index (χ3n) is 6.44. The Hall–Kier alpha value is -3.32. The fraction of sp³-hybridized carbons (Fsp3) is 0.296. The van der Waals surface area contributed by atoms with Crippen LogP contribution < -0.4 is 9.62 Å². The van der Waals surface area contributed by atoms with Crippen LogP contribution in [0, 0.1) is 19.8 Å². The van der Waals surface area contributed by atoms with E-state index in [0.717, 1.165) is 37.9 Å². The fourth-order valence-corrected chi connectivity index (χ4v) is 5.94. The first-order valence-corrected chi connectivity index (χ1v) is 13.0. The minimum Gasteiger partial charge on any atom is -0.478 e. The monoisotopic (exact) mass is 478 g/mol. The average molecular weight is 479 g/mol. The van der Waals surface area contributed by atoms with Gasteiger partial charge in [-0.15, -0.1) is 0 Å². The summed E-state index contributed by atoms with van der Waals surface area (Å²) in [4.78, 5) is 13.9. The summed E-state index contributed by atoms with van der Waals surface area (Å²) in [5.74, 6) is -0.535. The van der Waals surface area contributed by atoms with Crippen LogP contribution >= 0.6 is 0 Å². The van der Waals surface area contributed by atoms with Gasteiger partial charge >= 0.3 is 5.97 Å². The van der Waals surface area contributed by atoms with E-state index in [4.69, 9.17) is 0 Å². The van der Waals surface area contributed by atoms with Crippen molar-refractivity contribution in [2.75, 3.05) is 22.7 Å². The molecule has 6 nitrogen and oxygen atoms in total. The minimum atomic E-state index is -3.89. The third-order valence-corrected chi connectivity index (χ3v) is 7.95. The zero-order valence-corrected chi connectivity index (χ0v) is 20.3. The predicted octanol–water partition coefficient (Wildman–Crippen LogP) is 5.26. The molecule has 2 N–H and O–H groups in total. The second-order valence-electron chi connectivity index (χ2n) is 9.03. The first-order chi connectivity index (χ1) is 16.2. The smallest absolute Gasteiger partial charge is 0.335 e. The molecule has 0 aliphatic carbocycles. The number of carboxylic acids is 1. The lowest BCUT2D eigenvalue weighted by Gasteiger charge is -2.35.